The number of thiocarbonyl (C=S) groups is 1. The molecule has 4 aliphatic rings. The molecule has 0 heterocycles. The normalized spacial score (nSPS) is 33.0. The van der Waals surface area contributed by atoms with Gasteiger partial charge in [-0.25, -0.2) is 0 Å². The summed E-state index contributed by atoms with van der Waals surface area (Å²) in [5.74, 6) is 2.42. The quantitative estimate of drug-likeness (QED) is 0.672. The number of carbonyl (C=O) groups excluding carboxylic acids is 1. The van der Waals surface area contributed by atoms with E-state index in [-0.39, 0.29) is 11.9 Å². The number of nitrogens with one attached hydrogen (secondary N) is 2. The fraction of sp³-hybridized carbons (Fsp3) is 0.600. The standard InChI is InChI=1S/C20H24Cl2N2OS/c1-11(20-8-12-4-13(9-20)6-14(5-12)10-20)23-19(26)24-18(25)15-2-3-16(21)17(22)7-15/h2-3,7,11-14H,4-6,8-10H2,1H3,(H2,23,24,25,26). The Kier molecular flexibility index (Phi) is 4.96. The Morgan fingerprint density at radius 2 is 1.69 bits per heavy atom. The van der Waals surface area contributed by atoms with Crippen LogP contribution in [0.4, 0.5) is 0 Å². The zero-order chi connectivity index (χ0) is 18.5. The van der Waals surface area contributed by atoms with E-state index in [2.05, 4.69) is 17.6 Å². The molecule has 140 valence electrons. The Hall–Kier alpha value is -0.840. The third-order valence-electron chi connectivity index (χ3n) is 6.76. The van der Waals surface area contributed by atoms with Crippen LogP contribution in [0.5, 0.6) is 0 Å². The van der Waals surface area contributed by atoms with Crippen molar-refractivity contribution in [3.8, 4) is 0 Å². The van der Waals surface area contributed by atoms with Gasteiger partial charge in [-0.05, 0) is 99.0 Å². The molecule has 6 heteroatoms. The third kappa shape index (κ3) is 3.48. The predicted molar refractivity (Wildman–Crippen MR) is 110 cm³/mol. The first-order chi connectivity index (χ1) is 12.3. The third-order valence-corrected chi connectivity index (χ3v) is 7.72. The molecule has 1 amide bonds. The van der Waals surface area contributed by atoms with E-state index in [1.54, 1.807) is 18.2 Å². The van der Waals surface area contributed by atoms with Gasteiger partial charge in [0.15, 0.2) is 5.11 Å². The molecule has 1 aromatic rings. The summed E-state index contributed by atoms with van der Waals surface area (Å²) in [6.07, 6.45) is 8.17. The molecule has 1 unspecified atom stereocenters. The zero-order valence-electron chi connectivity index (χ0n) is 14.9. The van der Waals surface area contributed by atoms with E-state index in [1.807, 2.05) is 0 Å². The van der Waals surface area contributed by atoms with Gasteiger partial charge in [-0.3, -0.25) is 10.1 Å². The summed E-state index contributed by atoms with van der Waals surface area (Å²) < 4.78 is 0. The summed E-state index contributed by atoms with van der Waals surface area (Å²) in [7, 11) is 0. The number of rotatable bonds is 3. The van der Waals surface area contributed by atoms with Crippen LogP contribution in [-0.4, -0.2) is 17.1 Å². The molecular formula is C20H24Cl2N2OS. The van der Waals surface area contributed by atoms with E-state index in [0.717, 1.165) is 17.8 Å². The van der Waals surface area contributed by atoms with Gasteiger partial charge < -0.3 is 5.32 Å². The molecule has 0 aromatic heterocycles. The minimum absolute atomic E-state index is 0.265. The highest BCUT2D eigenvalue weighted by Crippen LogP contribution is 2.61. The molecule has 0 radical (unpaired) electrons. The molecule has 4 aliphatic carbocycles. The second-order valence-electron chi connectivity index (χ2n) is 8.56. The van der Waals surface area contributed by atoms with E-state index in [1.165, 1.54) is 38.5 Å². The first-order valence-electron chi connectivity index (χ1n) is 9.41. The van der Waals surface area contributed by atoms with E-state index in [9.17, 15) is 4.79 Å². The van der Waals surface area contributed by atoms with E-state index in [0.29, 0.717) is 26.1 Å². The molecule has 0 spiro atoms. The number of benzene rings is 1. The number of hydrogen-bond donors (Lipinski definition) is 2. The van der Waals surface area contributed by atoms with Crippen molar-refractivity contribution in [2.75, 3.05) is 0 Å². The Morgan fingerprint density at radius 1 is 1.12 bits per heavy atom. The summed E-state index contributed by atoms with van der Waals surface area (Å²) in [6, 6.07) is 5.10. The molecular weight excluding hydrogens is 387 g/mol. The number of halogens is 2. The molecule has 5 rings (SSSR count). The molecule has 3 nitrogen and oxygen atoms in total. The van der Waals surface area contributed by atoms with Gasteiger partial charge in [-0.2, -0.15) is 0 Å². The summed E-state index contributed by atoms with van der Waals surface area (Å²) in [5, 5.41) is 7.37. The lowest BCUT2D eigenvalue weighted by molar-refractivity contribution is -0.0672. The van der Waals surface area contributed by atoms with E-state index < -0.39 is 0 Å². The molecule has 0 saturated heterocycles. The van der Waals surface area contributed by atoms with Crippen LogP contribution in [0.2, 0.25) is 10.0 Å². The Balaban J connectivity index is 1.38. The van der Waals surface area contributed by atoms with Gasteiger partial charge >= 0.3 is 0 Å². The molecule has 0 aliphatic heterocycles. The monoisotopic (exact) mass is 410 g/mol. The van der Waals surface area contributed by atoms with Gasteiger partial charge in [-0.15, -0.1) is 0 Å². The first-order valence-corrected chi connectivity index (χ1v) is 10.6. The largest absolute Gasteiger partial charge is 0.359 e. The van der Waals surface area contributed by atoms with E-state index in [4.69, 9.17) is 35.4 Å². The fourth-order valence-electron chi connectivity index (χ4n) is 5.91. The van der Waals surface area contributed by atoms with Crippen molar-refractivity contribution < 1.29 is 4.79 Å². The van der Waals surface area contributed by atoms with E-state index >= 15 is 0 Å². The molecule has 26 heavy (non-hydrogen) atoms. The lowest BCUT2D eigenvalue weighted by atomic mass is 9.48. The summed E-state index contributed by atoms with van der Waals surface area (Å²) in [6.45, 7) is 2.23. The van der Waals surface area contributed by atoms with Crippen LogP contribution in [0.15, 0.2) is 18.2 Å². The molecule has 2 N–H and O–H groups in total. The van der Waals surface area contributed by atoms with Crippen molar-refractivity contribution >= 4 is 46.4 Å². The van der Waals surface area contributed by atoms with Gasteiger partial charge in [0.2, 0.25) is 0 Å². The fourth-order valence-corrected chi connectivity index (χ4v) is 6.47. The van der Waals surface area contributed by atoms with Crippen LogP contribution >= 0.6 is 35.4 Å². The topological polar surface area (TPSA) is 41.1 Å². The molecule has 4 fully saturated rings. The van der Waals surface area contributed by atoms with Gasteiger partial charge in [0, 0.05) is 11.6 Å². The highest BCUT2D eigenvalue weighted by molar-refractivity contribution is 7.80. The average Bonchev–Trinajstić information content (AvgIpc) is 2.55. The lowest BCUT2D eigenvalue weighted by Gasteiger charge is -2.59. The van der Waals surface area contributed by atoms with Crippen LogP contribution in [0, 0.1) is 23.2 Å². The highest BCUT2D eigenvalue weighted by atomic mass is 35.5. The molecule has 4 bridgehead atoms. The first kappa shape index (κ1) is 18.5. The Bertz CT molecular complexity index is 716. The number of carbonyl (C=O) groups is 1. The van der Waals surface area contributed by atoms with Crippen LogP contribution in [0.1, 0.15) is 55.8 Å². The SMILES string of the molecule is CC(NC(=S)NC(=O)c1ccc(Cl)c(Cl)c1)C12CC3CC(CC(C3)C1)C2. The molecule has 4 saturated carbocycles. The maximum absolute atomic E-state index is 12.4. The number of amides is 1. The summed E-state index contributed by atoms with van der Waals surface area (Å²) in [4.78, 5) is 12.4. The van der Waals surface area contributed by atoms with Crippen molar-refractivity contribution in [3.05, 3.63) is 33.8 Å². The maximum Gasteiger partial charge on any atom is 0.257 e. The van der Waals surface area contributed by atoms with Crippen molar-refractivity contribution in [3.63, 3.8) is 0 Å². The Morgan fingerprint density at radius 3 is 2.23 bits per heavy atom. The highest BCUT2D eigenvalue weighted by Gasteiger charge is 2.53. The maximum atomic E-state index is 12.4. The minimum Gasteiger partial charge on any atom is -0.359 e. The summed E-state index contributed by atoms with van der Waals surface area (Å²) in [5.41, 5.74) is 0.790. The molecule has 1 aromatic carbocycles. The van der Waals surface area contributed by atoms with Crippen molar-refractivity contribution in [2.45, 2.75) is 51.5 Å². The average molecular weight is 411 g/mol. The zero-order valence-corrected chi connectivity index (χ0v) is 17.2. The van der Waals surface area contributed by atoms with Gasteiger partial charge in [-0.1, -0.05) is 23.2 Å². The van der Waals surface area contributed by atoms with Crippen LogP contribution in [0.25, 0.3) is 0 Å². The minimum atomic E-state index is -0.265. The van der Waals surface area contributed by atoms with Crippen LogP contribution in [-0.2, 0) is 0 Å². The molecule has 1 atom stereocenters. The number of hydrogen-bond acceptors (Lipinski definition) is 2. The smallest absolute Gasteiger partial charge is 0.257 e. The Labute approximate surface area is 170 Å². The second-order valence-corrected chi connectivity index (χ2v) is 9.78. The second kappa shape index (κ2) is 6.96. The van der Waals surface area contributed by atoms with Crippen molar-refractivity contribution in [1.29, 1.82) is 0 Å². The van der Waals surface area contributed by atoms with Crippen LogP contribution < -0.4 is 10.6 Å². The predicted octanol–water partition coefficient (Wildman–Crippen LogP) is 5.20. The van der Waals surface area contributed by atoms with Gasteiger partial charge in [0.1, 0.15) is 0 Å². The van der Waals surface area contributed by atoms with Gasteiger partial charge in [0.25, 0.3) is 5.91 Å². The van der Waals surface area contributed by atoms with Crippen molar-refractivity contribution in [1.82, 2.24) is 10.6 Å². The summed E-state index contributed by atoms with van der Waals surface area (Å²) >= 11 is 17.3. The van der Waals surface area contributed by atoms with Crippen molar-refractivity contribution in [2.24, 2.45) is 23.2 Å². The lowest BCUT2D eigenvalue weighted by Crippen LogP contribution is -2.57. The van der Waals surface area contributed by atoms with Crippen LogP contribution in [0.3, 0.4) is 0 Å². The van der Waals surface area contributed by atoms with Gasteiger partial charge in [0.05, 0.1) is 10.0 Å².